The van der Waals surface area contributed by atoms with Crippen LogP contribution in [0.2, 0.25) is 0 Å². The predicted octanol–water partition coefficient (Wildman–Crippen LogP) is 4.06. The van der Waals surface area contributed by atoms with Crippen LogP contribution >= 0.6 is 15.9 Å². The number of rotatable bonds is 2. The van der Waals surface area contributed by atoms with Gasteiger partial charge < -0.3 is 10.3 Å². The number of halogens is 1. The lowest BCUT2D eigenvalue weighted by molar-refractivity contribution is 0.439. The van der Waals surface area contributed by atoms with E-state index in [1.54, 1.807) is 12.4 Å². The van der Waals surface area contributed by atoms with Crippen molar-refractivity contribution in [2.24, 2.45) is 0 Å². The molecule has 2 aromatic heterocycles. The Labute approximate surface area is 124 Å². The van der Waals surface area contributed by atoms with E-state index in [2.05, 4.69) is 26.1 Å². The van der Waals surface area contributed by atoms with E-state index in [9.17, 15) is 0 Å². The number of anilines is 1. The average molecular weight is 330 g/mol. The summed E-state index contributed by atoms with van der Waals surface area (Å²) in [5.41, 5.74) is 10.5. The molecule has 20 heavy (non-hydrogen) atoms. The van der Waals surface area contributed by atoms with Crippen LogP contribution in [0.5, 0.6) is 0 Å². The molecule has 0 spiro atoms. The van der Waals surface area contributed by atoms with Gasteiger partial charge in [-0.3, -0.25) is 4.98 Å². The second kappa shape index (κ2) is 5.09. The lowest BCUT2D eigenvalue weighted by atomic mass is 10.0. The molecule has 1 aromatic carbocycles. The zero-order chi connectivity index (χ0) is 14.1. The Morgan fingerprint density at radius 1 is 1.15 bits per heavy atom. The summed E-state index contributed by atoms with van der Waals surface area (Å²) in [4.78, 5) is 4.02. The largest absolute Gasteiger partial charge is 0.367 e. The number of aromatic nitrogens is 2. The van der Waals surface area contributed by atoms with Crippen LogP contribution in [0.15, 0.2) is 51.7 Å². The first-order valence-corrected chi connectivity index (χ1v) is 6.88. The van der Waals surface area contributed by atoms with E-state index < -0.39 is 0 Å². The van der Waals surface area contributed by atoms with Gasteiger partial charge in [0.05, 0.1) is 5.56 Å². The predicted molar refractivity (Wildman–Crippen MR) is 82.0 cm³/mol. The smallest absolute Gasteiger partial charge is 0.230 e. The monoisotopic (exact) mass is 329 g/mol. The summed E-state index contributed by atoms with van der Waals surface area (Å²) in [6.45, 7) is 2.03. The van der Waals surface area contributed by atoms with Crippen LogP contribution in [0.4, 0.5) is 5.88 Å². The fourth-order valence-electron chi connectivity index (χ4n) is 2.10. The van der Waals surface area contributed by atoms with Crippen molar-refractivity contribution in [2.45, 2.75) is 6.92 Å². The fraction of sp³-hybridized carbons (Fsp3) is 0.0667. The standard InChI is InChI=1S/C15H12BrN3O/c1-9-2-3-12(16)11(8-9)14-13(15(17)20-19-14)10-4-6-18-7-5-10/h2-8H,17H2,1H3. The molecule has 0 atom stereocenters. The first-order chi connectivity index (χ1) is 9.66. The molecule has 0 saturated heterocycles. The normalized spacial score (nSPS) is 10.7. The van der Waals surface area contributed by atoms with E-state index in [0.29, 0.717) is 5.88 Å². The van der Waals surface area contributed by atoms with Gasteiger partial charge in [0.1, 0.15) is 5.69 Å². The number of nitrogens with two attached hydrogens (primary N) is 1. The van der Waals surface area contributed by atoms with Crippen LogP contribution in [0.1, 0.15) is 5.56 Å². The Balaban J connectivity index is 2.24. The van der Waals surface area contributed by atoms with Crippen molar-refractivity contribution in [2.75, 3.05) is 5.73 Å². The summed E-state index contributed by atoms with van der Waals surface area (Å²) in [5.74, 6) is 0.305. The van der Waals surface area contributed by atoms with Crippen molar-refractivity contribution in [1.29, 1.82) is 0 Å². The Morgan fingerprint density at radius 3 is 2.65 bits per heavy atom. The first kappa shape index (κ1) is 12.9. The average Bonchev–Trinajstić information content (AvgIpc) is 2.84. The zero-order valence-corrected chi connectivity index (χ0v) is 12.4. The number of hydrogen-bond acceptors (Lipinski definition) is 4. The minimum atomic E-state index is 0.305. The molecule has 4 nitrogen and oxygen atoms in total. The number of benzene rings is 1. The molecule has 0 aliphatic heterocycles. The first-order valence-electron chi connectivity index (χ1n) is 6.09. The van der Waals surface area contributed by atoms with Gasteiger partial charge in [0, 0.05) is 22.4 Å². The van der Waals surface area contributed by atoms with Crippen molar-refractivity contribution in [3.8, 4) is 22.4 Å². The summed E-state index contributed by atoms with van der Waals surface area (Å²) in [6.07, 6.45) is 3.44. The highest BCUT2D eigenvalue weighted by Crippen LogP contribution is 2.39. The van der Waals surface area contributed by atoms with Crippen molar-refractivity contribution in [1.82, 2.24) is 10.1 Å². The van der Waals surface area contributed by atoms with E-state index in [4.69, 9.17) is 10.3 Å². The molecule has 0 fully saturated rings. The quantitative estimate of drug-likeness (QED) is 0.770. The molecule has 5 heteroatoms. The van der Waals surface area contributed by atoms with Crippen molar-refractivity contribution < 1.29 is 4.52 Å². The molecule has 0 unspecified atom stereocenters. The van der Waals surface area contributed by atoms with E-state index in [-0.39, 0.29) is 0 Å². The van der Waals surface area contributed by atoms with Gasteiger partial charge in [0.25, 0.3) is 0 Å². The number of nitrogen functional groups attached to an aromatic ring is 1. The third-order valence-corrected chi connectivity index (χ3v) is 3.76. The van der Waals surface area contributed by atoms with Gasteiger partial charge in [0.15, 0.2) is 0 Å². The van der Waals surface area contributed by atoms with Crippen LogP contribution in [0.3, 0.4) is 0 Å². The van der Waals surface area contributed by atoms with Gasteiger partial charge in [0.2, 0.25) is 5.88 Å². The minimum absolute atomic E-state index is 0.305. The molecule has 3 rings (SSSR count). The summed E-state index contributed by atoms with van der Waals surface area (Å²) in [6, 6.07) is 9.84. The SMILES string of the molecule is Cc1ccc(Br)c(-c2noc(N)c2-c2ccncc2)c1. The topological polar surface area (TPSA) is 64.9 Å². The molecular weight excluding hydrogens is 318 g/mol. The number of nitrogens with zero attached hydrogens (tertiary/aromatic N) is 2. The molecule has 0 bridgehead atoms. The number of hydrogen-bond donors (Lipinski definition) is 1. The van der Waals surface area contributed by atoms with Gasteiger partial charge in [-0.15, -0.1) is 0 Å². The Hall–Kier alpha value is -2.14. The second-order valence-corrected chi connectivity index (χ2v) is 5.34. The minimum Gasteiger partial charge on any atom is -0.367 e. The zero-order valence-electron chi connectivity index (χ0n) is 10.8. The van der Waals surface area contributed by atoms with Crippen molar-refractivity contribution >= 4 is 21.8 Å². The summed E-state index contributed by atoms with van der Waals surface area (Å²) in [7, 11) is 0. The summed E-state index contributed by atoms with van der Waals surface area (Å²) < 4.78 is 6.14. The molecule has 0 aliphatic carbocycles. The van der Waals surface area contributed by atoms with Crippen molar-refractivity contribution in [3.05, 3.63) is 52.8 Å². The molecule has 0 saturated carbocycles. The van der Waals surface area contributed by atoms with Crippen molar-refractivity contribution in [3.63, 3.8) is 0 Å². The van der Waals surface area contributed by atoms with Gasteiger partial charge in [-0.25, -0.2) is 0 Å². The maximum Gasteiger partial charge on any atom is 0.230 e. The third-order valence-electron chi connectivity index (χ3n) is 3.06. The van der Waals surface area contributed by atoms with Crippen LogP contribution in [0, 0.1) is 6.92 Å². The van der Waals surface area contributed by atoms with Gasteiger partial charge >= 0.3 is 0 Å². The van der Waals surface area contributed by atoms with Gasteiger partial charge in [-0.2, -0.15) is 0 Å². The molecule has 2 N–H and O–H groups in total. The van der Waals surface area contributed by atoms with Gasteiger partial charge in [-0.05, 0) is 36.8 Å². The lowest BCUT2D eigenvalue weighted by Crippen LogP contribution is -1.89. The highest BCUT2D eigenvalue weighted by atomic mass is 79.9. The third kappa shape index (κ3) is 2.20. The second-order valence-electron chi connectivity index (χ2n) is 4.49. The Bertz CT molecular complexity index is 753. The van der Waals surface area contributed by atoms with Crippen LogP contribution < -0.4 is 5.73 Å². The van der Waals surface area contributed by atoms with E-state index in [1.807, 2.05) is 37.3 Å². The molecule has 0 radical (unpaired) electrons. The number of pyridine rings is 1. The Kier molecular flexibility index (Phi) is 3.28. The van der Waals surface area contributed by atoms with E-state index in [0.717, 1.165) is 32.4 Å². The number of aryl methyl sites for hydroxylation is 1. The van der Waals surface area contributed by atoms with Crippen LogP contribution in [-0.2, 0) is 0 Å². The van der Waals surface area contributed by atoms with E-state index in [1.165, 1.54) is 0 Å². The molecular formula is C15H12BrN3O. The van der Waals surface area contributed by atoms with Gasteiger partial charge in [-0.1, -0.05) is 32.7 Å². The van der Waals surface area contributed by atoms with Crippen LogP contribution in [0.25, 0.3) is 22.4 Å². The summed E-state index contributed by atoms with van der Waals surface area (Å²) in [5, 5.41) is 4.11. The maximum absolute atomic E-state index is 5.93. The molecule has 0 amide bonds. The maximum atomic E-state index is 5.93. The fourth-order valence-corrected chi connectivity index (χ4v) is 2.54. The molecule has 2 heterocycles. The Morgan fingerprint density at radius 2 is 1.90 bits per heavy atom. The lowest BCUT2D eigenvalue weighted by Gasteiger charge is -2.05. The molecule has 3 aromatic rings. The molecule has 100 valence electrons. The van der Waals surface area contributed by atoms with Crippen LogP contribution in [-0.4, -0.2) is 10.1 Å². The highest BCUT2D eigenvalue weighted by molar-refractivity contribution is 9.10. The van der Waals surface area contributed by atoms with E-state index >= 15 is 0 Å². The summed E-state index contributed by atoms with van der Waals surface area (Å²) >= 11 is 3.55. The highest BCUT2D eigenvalue weighted by Gasteiger charge is 2.19. The molecule has 0 aliphatic rings.